The van der Waals surface area contributed by atoms with Gasteiger partial charge in [-0.15, -0.1) is 11.8 Å². The van der Waals surface area contributed by atoms with E-state index >= 15 is 0 Å². The topological polar surface area (TPSA) is 0 Å². The van der Waals surface area contributed by atoms with Crippen LogP contribution in [0.25, 0.3) is 17.2 Å². The van der Waals surface area contributed by atoms with Crippen LogP contribution in [0.5, 0.6) is 0 Å². The molecule has 1 aliphatic rings. The lowest BCUT2D eigenvalue weighted by molar-refractivity contribution is 1.41. The van der Waals surface area contributed by atoms with Crippen LogP contribution in [0.2, 0.25) is 0 Å². The van der Waals surface area contributed by atoms with Gasteiger partial charge in [0.15, 0.2) is 0 Å². The molecule has 0 radical (unpaired) electrons. The van der Waals surface area contributed by atoms with Crippen LogP contribution in [0.3, 0.4) is 0 Å². The number of thioether (sulfide) groups is 1. The molecule has 0 saturated carbocycles. The highest BCUT2D eigenvalue weighted by Gasteiger charge is 2.01. The van der Waals surface area contributed by atoms with Crippen molar-refractivity contribution in [2.45, 2.75) is 6.42 Å². The Morgan fingerprint density at radius 2 is 1.56 bits per heavy atom. The second kappa shape index (κ2) is 5.28. The van der Waals surface area contributed by atoms with E-state index in [-0.39, 0.29) is 0 Å². The summed E-state index contributed by atoms with van der Waals surface area (Å²) in [6, 6.07) is 19.2. The highest BCUT2D eigenvalue weighted by molar-refractivity contribution is 8.06. The first-order chi connectivity index (χ1) is 8.92. The number of rotatable bonds is 2. The Morgan fingerprint density at radius 3 is 2.22 bits per heavy atom. The molecule has 0 amide bonds. The highest BCUT2D eigenvalue weighted by Crippen LogP contribution is 2.30. The number of benzene rings is 2. The molecule has 18 heavy (non-hydrogen) atoms. The Balaban J connectivity index is 1.83. The average Bonchev–Trinajstić information content (AvgIpc) is 2.94. The zero-order valence-electron chi connectivity index (χ0n) is 10.0. The van der Waals surface area contributed by atoms with Crippen molar-refractivity contribution in [2.24, 2.45) is 0 Å². The van der Waals surface area contributed by atoms with Crippen molar-refractivity contribution in [3.63, 3.8) is 0 Å². The third kappa shape index (κ3) is 2.57. The van der Waals surface area contributed by atoms with E-state index in [9.17, 15) is 0 Å². The molecule has 1 aliphatic heterocycles. The smallest absolute Gasteiger partial charge is 0.00254 e. The predicted molar refractivity (Wildman–Crippen MR) is 81.2 cm³/mol. The van der Waals surface area contributed by atoms with Crippen molar-refractivity contribution in [1.29, 1.82) is 0 Å². The fraction of sp³-hybridized carbons (Fsp3) is 0.0588. The Kier molecular flexibility index (Phi) is 3.33. The summed E-state index contributed by atoms with van der Waals surface area (Å²) in [6.07, 6.45) is 5.54. The quantitative estimate of drug-likeness (QED) is 0.692. The van der Waals surface area contributed by atoms with E-state index in [4.69, 9.17) is 0 Å². The van der Waals surface area contributed by atoms with Crippen molar-refractivity contribution in [1.82, 2.24) is 0 Å². The molecule has 0 unspecified atom stereocenters. The zero-order chi connectivity index (χ0) is 12.2. The molecule has 3 rings (SSSR count). The number of hydrogen-bond acceptors (Lipinski definition) is 1. The molecule has 0 bridgehead atoms. The molecule has 0 saturated heterocycles. The molecule has 0 aliphatic carbocycles. The van der Waals surface area contributed by atoms with Crippen LogP contribution in [0.15, 0.2) is 71.0 Å². The van der Waals surface area contributed by atoms with Crippen LogP contribution in [-0.2, 0) is 0 Å². The van der Waals surface area contributed by atoms with Gasteiger partial charge < -0.3 is 0 Å². The van der Waals surface area contributed by atoms with Crippen LogP contribution < -0.4 is 0 Å². The summed E-state index contributed by atoms with van der Waals surface area (Å²) in [6.45, 7) is 0. The molecule has 1 heteroatoms. The van der Waals surface area contributed by atoms with Crippen LogP contribution in [0.1, 0.15) is 12.0 Å². The minimum Gasteiger partial charge on any atom is -0.103 e. The SMILES string of the molecule is C1=CSC(=Cc2ccc(-c3ccccc3)cc2)C1. The van der Waals surface area contributed by atoms with E-state index in [1.807, 2.05) is 17.8 Å². The molecule has 88 valence electrons. The van der Waals surface area contributed by atoms with Crippen molar-refractivity contribution in [2.75, 3.05) is 0 Å². The van der Waals surface area contributed by atoms with Crippen LogP contribution in [0.4, 0.5) is 0 Å². The zero-order valence-corrected chi connectivity index (χ0v) is 10.9. The van der Waals surface area contributed by atoms with Crippen molar-refractivity contribution in [3.8, 4) is 11.1 Å². The maximum Gasteiger partial charge on any atom is -0.00254 e. The normalized spacial score (nSPS) is 16.3. The van der Waals surface area contributed by atoms with E-state index in [2.05, 4.69) is 66.1 Å². The molecular weight excluding hydrogens is 236 g/mol. The monoisotopic (exact) mass is 250 g/mol. The lowest BCUT2D eigenvalue weighted by Crippen LogP contribution is -1.78. The fourth-order valence-corrected chi connectivity index (χ4v) is 2.79. The summed E-state index contributed by atoms with van der Waals surface area (Å²) >= 11 is 1.82. The molecule has 0 atom stereocenters. The van der Waals surface area contributed by atoms with E-state index in [1.165, 1.54) is 21.6 Å². The second-order valence-electron chi connectivity index (χ2n) is 4.29. The lowest BCUT2D eigenvalue weighted by Gasteiger charge is -2.02. The van der Waals surface area contributed by atoms with Crippen LogP contribution >= 0.6 is 11.8 Å². The predicted octanol–water partition coefficient (Wildman–Crippen LogP) is 5.35. The average molecular weight is 250 g/mol. The van der Waals surface area contributed by atoms with Gasteiger partial charge in [0.25, 0.3) is 0 Å². The first-order valence-corrected chi connectivity index (χ1v) is 6.97. The van der Waals surface area contributed by atoms with Gasteiger partial charge in [-0.05, 0) is 39.5 Å². The highest BCUT2D eigenvalue weighted by atomic mass is 32.2. The Morgan fingerprint density at radius 1 is 0.833 bits per heavy atom. The van der Waals surface area contributed by atoms with Gasteiger partial charge in [0, 0.05) is 0 Å². The summed E-state index contributed by atoms with van der Waals surface area (Å²) in [5, 5.41) is 2.16. The van der Waals surface area contributed by atoms with Gasteiger partial charge in [-0.25, -0.2) is 0 Å². The number of hydrogen-bond donors (Lipinski definition) is 0. The molecule has 1 heterocycles. The lowest BCUT2D eigenvalue weighted by atomic mass is 10.0. The summed E-state index contributed by atoms with van der Waals surface area (Å²) in [5.74, 6) is 0. The van der Waals surface area contributed by atoms with Gasteiger partial charge in [0.05, 0.1) is 0 Å². The van der Waals surface area contributed by atoms with E-state index < -0.39 is 0 Å². The van der Waals surface area contributed by atoms with E-state index in [0.29, 0.717) is 0 Å². The molecular formula is C17H14S. The van der Waals surface area contributed by atoms with Gasteiger partial charge in [-0.3, -0.25) is 0 Å². The first-order valence-electron chi connectivity index (χ1n) is 6.09. The van der Waals surface area contributed by atoms with Crippen LogP contribution in [-0.4, -0.2) is 0 Å². The van der Waals surface area contributed by atoms with Crippen molar-refractivity contribution in [3.05, 3.63) is 76.5 Å². The van der Waals surface area contributed by atoms with Gasteiger partial charge in [0.1, 0.15) is 0 Å². The fourth-order valence-electron chi connectivity index (χ4n) is 2.03. The summed E-state index contributed by atoms with van der Waals surface area (Å²) in [4.78, 5) is 1.42. The minimum absolute atomic E-state index is 1.07. The Labute approximate surface area is 112 Å². The standard InChI is InChI=1S/C17H14S/c1-2-5-15(6-3-1)16-10-8-14(9-11-16)13-17-7-4-12-18-17/h1-6,8-13H,7H2. The van der Waals surface area contributed by atoms with Crippen LogP contribution in [0, 0.1) is 0 Å². The summed E-state index contributed by atoms with van der Waals surface area (Å²) in [7, 11) is 0. The van der Waals surface area contributed by atoms with E-state index in [1.54, 1.807) is 0 Å². The van der Waals surface area contributed by atoms with Gasteiger partial charge in [-0.2, -0.15) is 0 Å². The van der Waals surface area contributed by atoms with E-state index in [0.717, 1.165) is 6.42 Å². The maximum atomic E-state index is 2.26. The Hall–Kier alpha value is -1.73. The third-order valence-corrected chi connectivity index (χ3v) is 3.90. The summed E-state index contributed by atoms with van der Waals surface area (Å²) < 4.78 is 0. The summed E-state index contributed by atoms with van der Waals surface area (Å²) in [5.41, 5.74) is 3.82. The molecule has 0 fully saturated rings. The molecule has 0 nitrogen and oxygen atoms in total. The first kappa shape index (κ1) is 11.4. The van der Waals surface area contributed by atoms with Gasteiger partial charge in [-0.1, -0.05) is 60.7 Å². The van der Waals surface area contributed by atoms with Crippen molar-refractivity contribution >= 4 is 17.8 Å². The second-order valence-corrected chi connectivity index (χ2v) is 5.32. The molecule has 0 aromatic heterocycles. The molecule has 2 aromatic rings. The minimum atomic E-state index is 1.07. The Bertz CT molecular complexity index is 567. The number of allylic oxidation sites excluding steroid dienone is 2. The largest absolute Gasteiger partial charge is 0.103 e. The van der Waals surface area contributed by atoms with Gasteiger partial charge in [0.2, 0.25) is 0 Å². The molecule has 0 spiro atoms. The molecule has 2 aromatic carbocycles. The maximum absolute atomic E-state index is 2.26. The molecule has 0 N–H and O–H groups in total. The van der Waals surface area contributed by atoms with Gasteiger partial charge >= 0.3 is 0 Å². The van der Waals surface area contributed by atoms with Crippen molar-refractivity contribution < 1.29 is 0 Å². The third-order valence-electron chi connectivity index (χ3n) is 2.98.